The van der Waals surface area contributed by atoms with E-state index in [4.69, 9.17) is 32.7 Å². The summed E-state index contributed by atoms with van der Waals surface area (Å²) in [6.45, 7) is 0. The third-order valence-electron chi connectivity index (χ3n) is 4.61. The molecule has 3 rings (SSSR count). The fourth-order valence-electron chi connectivity index (χ4n) is 3.28. The Kier molecular flexibility index (Phi) is 5.89. The van der Waals surface area contributed by atoms with Gasteiger partial charge < -0.3 is 19.4 Å². The van der Waals surface area contributed by atoms with Crippen molar-refractivity contribution in [3.63, 3.8) is 0 Å². The number of aromatic hydroxyl groups is 1. The minimum absolute atomic E-state index is 0.0211. The van der Waals surface area contributed by atoms with E-state index in [2.05, 4.69) is 4.98 Å². The van der Waals surface area contributed by atoms with E-state index < -0.39 is 5.92 Å². The molecule has 2 aromatic rings. The molecule has 1 aliphatic rings. The third kappa shape index (κ3) is 3.60. The molecule has 5 nitrogen and oxygen atoms in total. The first-order chi connectivity index (χ1) is 12.6. The standard InChI is InChI=1S/C19H19Cl2NO4/c1-25-16-7-6-12(18(24)19(16)26-11-4-2-3-5-11)13(10-23)17-14(20)8-22-9-15(17)21/h6-11,13,24H,2-5H2,1H3. The van der Waals surface area contributed by atoms with Gasteiger partial charge in [0.25, 0.3) is 0 Å². The molecule has 0 aliphatic heterocycles. The van der Waals surface area contributed by atoms with Crippen molar-refractivity contribution in [3.05, 3.63) is 45.7 Å². The monoisotopic (exact) mass is 395 g/mol. The van der Waals surface area contributed by atoms with E-state index in [9.17, 15) is 9.90 Å². The van der Waals surface area contributed by atoms with Gasteiger partial charge in [0.15, 0.2) is 11.5 Å². The minimum Gasteiger partial charge on any atom is -0.504 e. The number of phenolic OH excluding ortho intramolecular Hbond substituents is 1. The van der Waals surface area contributed by atoms with Crippen LogP contribution in [0.2, 0.25) is 10.0 Å². The van der Waals surface area contributed by atoms with Crippen molar-refractivity contribution in [2.45, 2.75) is 37.7 Å². The van der Waals surface area contributed by atoms with Crippen molar-refractivity contribution in [1.29, 1.82) is 0 Å². The number of pyridine rings is 1. The van der Waals surface area contributed by atoms with Crippen molar-refractivity contribution >= 4 is 29.5 Å². The number of rotatable bonds is 6. The minimum atomic E-state index is -0.852. The fraction of sp³-hybridized carbons (Fsp3) is 0.368. The summed E-state index contributed by atoms with van der Waals surface area (Å²) >= 11 is 12.4. The highest BCUT2D eigenvalue weighted by molar-refractivity contribution is 6.36. The molecular weight excluding hydrogens is 377 g/mol. The summed E-state index contributed by atoms with van der Waals surface area (Å²) in [5.74, 6) is -0.341. The van der Waals surface area contributed by atoms with Crippen LogP contribution >= 0.6 is 23.2 Å². The van der Waals surface area contributed by atoms with Crippen molar-refractivity contribution in [2.75, 3.05) is 7.11 Å². The molecule has 1 aliphatic carbocycles. The maximum absolute atomic E-state index is 11.9. The summed E-state index contributed by atoms with van der Waals surface area (Å²) in [5, 5.41) is 11.3. The summed E-state index contributed by atoms with van der Waals surface area (Å²) in [5.41, 5.74) is 0.745. The molecule has 0 spiro atoms. The smallest absolute Gasteiger partial charge is 0.203 e. The molecule has 0 bridgehead atoms. The van der Waals surface area contributed by atoms with Crippen LogP contribution in [0.5, 0.6) is 17.2 Å². The van der Waals surface area contributed by atoms with Crippen LogP contribution in [0.4, 0.5) is 0 Å². The fourth-order valence-corrected chi connectivity index (χ4v) is 3.88. The number of halogens is 2. The van der Waals surface area contributed by atoms with Gasteiger partial charge in [0.1, 0.15) is 6.29 Å². The Hall–Kier alpha value is -1.98. The number of aromatic nitrogens is 1. The molecule has 0 amide bonds. The molecule has 1 N–H and O–H groups in total. The lowest BCUT2D eigenvalue weighted by molar-refractivity contribution is -0.108. The maximum Gasteiger partial charge on any atom is 0.203 e. The highest BCUT2D eigenvalue weighted by Gasteiger charge is 2.28. The predicted octanol–water partition coefficient (Wildman–Crippen LogP) is 4.75. The molecule has 0 radical (unpaired) electrons. The number of methoxy groups -OCH3 is 1. The molecule has 1 unspecified atom stereocenters. The third-order valence-corrected chi connectivity index (χ3v) is 5.21. The average molecular weight is 396 g/mol. The van der Waals surface area contributed by atoms with E-state index in [1.165, 1.54) is 19.5 Å². The van der Waals surface area contributed by atoms with E-state index >= 15 is 0 Å². The van der Waals surface area contributed by atoms with Crippen LogP contribution in [0.25, 0.3) is 0 Å². The Bertz CT molecular complexity index is 786. The highest BCUT2D eigenvalue weighted by Crippen LogP contribution is 2.46. The van der Waals surface area contributed by atoms with Gasteiger partial charge in [-0.25, -0.2) is 0 Å². The van der Waals surface area contributed by atoms with E-state index in [-0.39, 0.29) is 27.6 Å². The Morgan fingerprint density at radius 3 is 2.46 bits per heavy atom. The molecule has 1 fully saturated rings. The Labute approximate surface area is 161 Å². The first-order valence-electron chi connectivity index (χ1n) is 8.37. The zero-order chi connectivity index (χ0) is 18.7. The summed E-state index contributed by atoms with van der Waals surface area (Å²) in [7, 11) is 1.50. The van der Waals surface area contributed by atoms with Crippen molar-refractivity contribution in [1.82, 2.24) is 4.98 Å². The van der Waals surface area contributed by atoms with Crippen LogP contribution in [0.1, 0.15) is 42.7 Å². The van der Waals surface area contributed by atoms with Crippen LogP contribution in [0, 0.1) is 0 Å². The summed E-state index contributed by atoms with van der Waals surface area (Å²) in [6, 6.07) is 3.28. The van der Waals surface area contributed by atoms with Gasteiger partial charge in [0.2, 0.25) is 5.75 Å². The molecule has 138 valence electrons. The quantitative estimate of drug-likeness (QED) is 0.714. The molecule has 1 saturated carbocycles. The molecule has 1 heterocycles. The van der Waals surface area contributed by atoms with Crippen molar-refractivity contribution < 1.29 is 19.4 Å². The topological polar surface area (TPSA) is 68.7 Å². The highest BCUT2D eigenvalue weighted by atomic mass is 35.5. The number of carbonyl (C=O) groups is 1. The lowest BCUT2D eigenvalue weighted by atomic mass is 9.92. The number of carbonyl (C=O) groups excluding carboxylic acids is 1. The van der Waals surface area contributed by atoms with Crippen LogP contribution < -0.4 is 9.47 Å². The lowest BCUT2D eigenvalue weighted by Gasteiger charge is -2.21. The molecule has 26 heavy (non-hydrogen) atoms. The van der Waals surface area contributed by atoms with Crippen LogP contribution in [0.15, 0.2) is 24.5 Å². The van der Waals surface area contributed by atoms with Gasteiger partial charge >= 0.3 is 0 Å². The number of hydrogen-bond acceptors (Lipinski definition) is 5. The maximum atomic E-state index is 11.9. The van der Waals surface area contributed by atoms with Crippen molar-refractivity contribution in [3.8, 4) is 17.2 Å². The second-order valence-corrected chi connectivity index (χ2v) is 7.00. The SMILES string of the molecule is COc1ccc(C(C=O)c2c(Cl)cncc2Cl)c(O)c1OC1CCCC1. The number of aldehydes is 1. The Morgan fingerprint density at radius 2 is 1.88 bits per heavy atom. The van der Waals surface area contributed by atoms with E-state index in [1.54, 1.807) is 12.1 Å². The number of hydrogen-bond donors (Lipinski definition) is 1. The van der Waals surface area contributed by atoms with Crippen LogP contribution in [0.3, 0.4) is 0 Å². The zero-order valence-electron chi connectivity index (χ0n) is 14.2. The molecule has 0 saturated heterocycles. The van der Waals surface area contributed by atoms with Gasteiger partial charge in [-0.2, -0.15) is 0 Å². The van der Waals surface area contributed by atoms with Crippen LogP contribution in [-0.2, 0) is 4.79 Å². The second-order valence-electron chi connectivity index (χ2n) is 6.19. The van der Waals surface area contributed by atoms with Gasteiger partial charge in [-0.1, -0.05) is 29.3 Å². The average Bonchev–Trinajstić information content (AvgIpc) is 3.14. The lowest BCUT2D eigenvalue weighted by Crippen LogP contribution is -2.13. The zero-order valence-corrected chi connectivity index (χ0v) is 15.8. The van der Waals surface area contributed by atoms with Gasteiger partial charge in [-0.3, -0.25) is 4.98 Å². The molecule has 1 aromatic heterocycles. The molecule has 1 aromatic carbocycles. The predicted molar refractivity (Wildman–Crippen MR) is 99.7 cm³/mol. The normalized spacial score (nSPS) is 15.7. The van der Waals surface area contributed by atoms with Crippen molar-refractivity contribution in [2.24, 2.45) is 0 Å². The van der Waals surface area contributed by atoms with Gasteiger partial charge in [0, 0.05) is 23.5 Å². The Morgan fingerprint density at radius 1 is 1.23 bits per heavy atom. The first-order valence-corrected chi connectivity index (χ1v) is 9.13. The number of nitrogens with zero attached hydrogens (tertiary/aromatic N) is 1. The van der Waals surface area contributed by atoms with Crippen LogP contribution in [-0.4, -0.2) is 29.6 Å². The molecule has 1 atom stereocenters. The molecular formula is C19H19Cl2NO4. The summed E-state index contributed by atoms with van der Waals surface area (Å²) in [4.78, 5) is 15.8. The summed E-state index contributed by atoms with van der Waals surface area (Å²) in [6.07, 6.45) is 7.56. The van der Waals surface area contributed by atoms with Gasteiger partial charge in [-0.05, 0) is 31.7 Å². The Balaban J connectivity index is 2.07. The van der Waals surface area contributed by atoms with Gasteiger partial charge in [-0.15, -0.1) is 0 Å². The molecule has 7 heteroatoms. The number of benzene rings is 1. The largest absolute Gasteiger partial charge is 0.504 e. The second kappa shape index (κ2) is 8.14. The van der Waals surface area contributed by atoms with E-state index in [0.29, 0.717) is 23.2 Å². The van der Waals surface area contributed by atoms with E-state index in [0.717, 1.165) is 25.7 Å². The number of ether oxygens (including phenoxy) is 2. The first kappa shape index (κ1) is 18.8. The number of phenols is 1. The summed E-state index contributed by atoms with van der Waals surface area (Å²) < 4.78 is 11.3. The van der Waals surface area contributed by atoms with E-state index in [1.807, 2.05) is 0 Å². The van der Waals surface area contributed by atoms with Gasteiger partial charge in [0.05, 0.1) is 29.2 Å².